The summed E-state index contributed by atoms with van der Waals surface area (Å²) in [4.78, 5) is 0. The summed E-state index contributed by atoms with van der Waals surface area (Å²) in [6, 6.07) is 13.6. The molecule has 3 aromatic rings. The Morgan fingerprint density at radius 2 is 1.88 bits per heavy atom. The minimum Gasteiger partial charge on any atom is -0.493 e. The van der Waals surface area contributed by atoms with E-state index in [1.807, 2.05) is 42.5 Å². The van der Waals surface area contributed by atoms with Crippen LogP contribution in [0.3, 0.4) is 0 Å². The van der Waals surface area contributed by atoms with Gasteiger partial charge in [-0.25, -0.2) is 0 Å². The Morgan fingerprint density at radius 3 is 2.62 bits per heavy atom. The van der Waals surface area contributed by atoms with Crippen molar-refractivity contribution in [1.82, 2.24) is 20.2 Å². The van der Waals surface area contributed by atoms with Gasteiger partial charge in [0.25, 0.3) is 0 Å². The van der Waals surface area contributed by atoms with Crippen LogP contribution in [0.4, 0.5) is 5.95 Å². The number of fused-ring (bicyclic) bond motifs is 1. The number of tetrazole rings is 1. The molecule has 0 saturated heterocycles. The van der Waals surface area contributed by atoms with Crippen molar-refractivity contribution >= 4 is 27.6 Å². The lowest BCUT2D eigenvalue weighted by Crippen LogP contribution is -2.20. The molecule has 0 fully saturated rings. The molecule has 0 bridgehead atoms. The number of methoxy groups -OCH3 is 2. The van der Waals surface area contributed by atoms with E-state index in [0.717, 1.165) is 21.3 Å². The highest BCUT2D eigenvalue weighted by atomic mass is 79.9. The van der Waals surface area contributed by atoms with Crippen molar-refractivity contribution in [2.45, 2.75) is 6.04 Å². The van der Waals surface area contributed by atoms with Crippen molar-refractivity contribution in [2.24, 2.45) is 0 Å². The number of benzene rings is 2. The number of halogens is 1. The third-order valence-corrected chi connectivity index (χ3v) is 4.76. The van der Waals surface area contributed by atoms with Crippen LogP contribution in [0.2, 0.25) is 0 Å². The minimum absolute atomic E-state index is 0.232. The lowest BCUT2D eigenvalue weighted by molar-refractivity contribution is 0.348. The number of rotatable bonds is 4. The summed E-state index contributed by atoms with van der Waals surface area (Å²) in [5, 5.41) is 15.3. The van der Waals surface area contributed by atoms with Gasteiger partial charge in [0.2, 0.25) is 5.95 Å². The van der Waals surface area contributed by atoms with Gasteiger partial charge in [0.1, 0.15) is 6.04 Å². The topological polar surface area (TPSA) is 74.1 Å². The Kier molecular flexibility index (Phi) is 4.34. The molecule has 1 unspecified atom stereocenters. The predicted octanol–water partition coefficient (Wildman–Crippen LogP) is 3.51. The third-order valence-electron chi connectivity index (χ3n) is 4.23. The van der Waals surface area contributed by atoms with E-state index in [-0.39, 0.29) is 6.04 Å². The highest BCUT2D eigenvalue weighted by molar-refractivity contribution is 9.10. The second-order valence-corrected chi connectivity index (χ2v) is 6.60. The first kappa shape index (κ1) is 16.6. The van der Waals surface area contributed by atoms with Gasteiger partial charge in [0, 0.05) is 15.7 Å². The van der Waals surface area contributed by atoms with Gasteiger partial charge in [-0.2, -0.15) is 4.68 Å². The molecule has 2 aromatic carbocycles. The van der Waals surface area contributed by atoms with Crippen molar-refractivity contribution in [2.75, 3.05) is 19.5 Å². The van der Waals surface area contributed by atoms with Crippen molar-refractivity contribution in [1.29, 1.82) is 0 Å². The number of anilines is 1. The van der Waals surface area contributed by atoms with E-state index < -0.39 is 0 Å². The number of nitrogens with zero attached hydrogens (tertiary/aromatic N) is 4. The molecule has 1 aliphatic rings. The molecule has 2 heterocycles. The smallest absolute Gasteiger partial charge is 0.248 e. The van der Waals surface area contributed by atoms with Gasteiger partial charge in [-0.05, 0) is 40.3 Å². The van der Waals surface area contributed by atoms with Crippen LogP contribution in [-0.4, -0.2) is 34.4 Å². The van der Waals surface area contributed by atoms with E-state index in [1.165, 1.54) is 0 Å². The molecule has 0 spiro atoms. The number of hydrogen-bond donors (Lipinski definition) is 1. The third kappa shape index (κ3) is 2.82. The summed E-state index contributed by atoms with van der Waals surface area (Å²) in [6.07, 6.45) is 2.07. The number of hydrogen-bond acceptors (Lipinski definition) is 6. The molecule has 0 aliphatic carbocycles. The molecule has 1 aliphatic heterocycles. The number of aromatic nitrogens is 4. The second kappa shape index (κ2) is 6.80. The summed E-state index contributed by atoms with van der Waals surface area (Å²) < 4.78 is 13.8. The highest BCUT2D eigenvalue weighted by Crippen LogP contribution is 2.40. The van der Waals surface area contributed by atoms with Crippen LogP contribution in [-0.2, 0) is 0 Å². The van der Waals surface area contributed by atoms with Crippen LogP contribution >= 0.6 is 15.9 Å². The molecule has 0 amide bonds. The largest absolute Gasteiger partial charge is 0.493 e. The van der Waals surface area contributed by atoms with Gasteiger partial charge in [-0.15, -0.1) is 0 Å². The molecule has 4 rings (SSSR count). The van der Waals surface area contributed by atoms with Gasteiger partial charge in [-0.3, -0.25) is 0 Å². The molecule has 1 atom stereocenters. The number of allylic oxidation sites excluding steroid dienone is 1. The Balaban J connectivity index is 1.85. The van der Waals surface area contributed by atoms with E-state index >= 15 is 0 Å². The Bertz CT molecular complexity index is 968. The van der Waals surface area contributed by atoms with E-state index in [0.29, 0.717) is 17.4 Å². The fraction of sp³-hybridized carbons (Fsp3) is 0.167. The molecule has 7 nitrogen and oxygen atoms in total. The van der Waals surface area contributed by atoms with Crippen molar-refractivity contribution in [3.05, 3.63) is 64.1 Å². The first-order chi connectivity index (χ1) is 12.7. The van der Waals surface area contributed by atoms with E-state index in [1.54, 1.807) is 18.9 Å². The molecule has 26 heavy (non-hydrogen) atoms. The highest BCUT2D eigenvalue weighted by Gasteiger charge is 2.27. The SMILES string of the molecule is COc1cccc(C2C=C(c3ccc(Br)cc3)Nc3nnnn32)c1OC. The van der Waals surface area contributed by atoms with Crippen LogP contribution in [0.1, 0.15) is 17.2 Å². The lowest BCUT2D eigenvalue weighted by atomic mass is 10.0. The van der Waals surface area contributed by atoms with E-state index in [9.17, 15) is 0 Å². The second-order valence-electron chi connectivity index (χ2n) is 5.69. The van der Waals surface area contributed by atoms with E-state index in [2.05, 4.69) is 42.8 Å². The molecule has 0 saturated carbocycles. The molecule has 1 aromatic heterocycles. The average molecular weight is 414 g/mol. The van der Waals surface area contributed by atoms with Crippen LogP contribution < -0.4 is 14.8 Å². The first-order valence-corrected chi connectivity index (χ1v) is 8.74. The summed E-state index contributed by atoms with van der Waals surface area (Å²) in [5.41, 5.74) is 2.88. The van der Waals surface area contributed by atoms with Gasteiger partial charge in [0.05, 0.1) is 14.2 Å². The first-order valence-electron chi connectivity index (χ1n) is 7.95. The fourth-order valence-corrected chi connectivity index (χ4v) is 3.28. The monoisotopic (exact) mass is 413 g/mol. The number of ether oxygens (including phenoxy) is 2. The van der Waals surface area contributed by atoms with Gasteiger partial charge >= 0.3 is 0 Å². The molecular formula is C18H16BrN5O2. The molecule has 8 heteroatoms. The zero-order valence-corrected chi connectivity index (χ0v) is 15.8. The summed E-state index contributed by atoms with van der Waals surface area (Å²) in [5.74, 6) is 1.90. The Hall–Kier alpha value is -2.87. The number of nitrogens with one attached hydrogen (secondary N) is 1. The maximum atomic E-state index is 5.61. The van der Waals surface area contributed by atoms with Crippen LogP contribution in [0, 0.1) is 0 Å². The van der Waals surface area contributed by atoms with Crippen molar-refractivity contribution < 1.29 is 9.47 Å². The summed E-state index contributed by atoms with van der Waals surface area (Å²) >= 11 is 3.47. The lowest BCUT2D eigenvalue weighted by Gasteiger charge is -2.25. The molecular weight excluding hydrogens is 398 g/mol. The normalized spacial score (nSPS) is 15.7. The zero-order valence-electron chi connectivity index (χ0n) is 14.2. The van der Waals surface area contributed by atoms with Gasteiger partial charge in [0.15, 0.2) is 11.5 Å². The van der Waals surface area contributed by atoms with E-state index in [4.69, 9.17) is 9.47 Å². The van der Waals surface area contributed by atoms with Crippen LogP contribution in [0.15, 0.2) is 53.0 Å². The fourth-order valence-electron chi connectivity index (χ4n) is 3.02. The maximum Gasteiger partial charge on any atom is 0.248 e. The average Bonchev–Trinajstić information content (AvgIpc) is 3.15. The summed E-state index contributed by atoms with van der Waals surface area (Å²) in [6.45, 7) is 0. The van der Waals surface area contributed by atoms with Gasteiger partial charge < -0.3 is 14.8 Å². The maximum absolute atomic E-state index is 5.61. The Labute approximate surface area is 158 Å². The van der Waals surface area contributed by atoms with Crippen molar-refractivity contribution in [3.63, 3.8) is 0 Å². The van der Waals surface area contributed by atoms with Crippen LogP contribution in [0.5, 0.6) is 11.5 Å². The minimum atomic E-state index is -0.232. The predicted molar refractivity (Wildman–Crippen MR) is 101 cm³/mol. The van der Waals surface area contributed by atoms with Gasteiger partial charge in [-0.1, -0.05) is 45.3 Å². The van der Waals surface area contributed by atoms with Crippen molar-refractivity contribution in [3.8, 4) is 11.5 Å². The zero-order chi connectivity index (χ0) is 18.1. The van der Waals surface area contributed by atoms with Crippen LogP contribution in [0.25, 0.3) is 5.70 Å². The summed E-state index contributed by atoms with van der Waals surface area (Å²) in [7, 11) is 3.25. The molecule has 1 N–H and O–H groups in total. The molecule has 0 radical (unpaired) electrons. The quantitative estimate of drug-likeness (QED) is 0.705. The number of para-hydroxylation sites is 1. The standard InChI is InChI=1S/C18H16BrN5O2/c1-25-16-5-3-4-13(17(16)26-2)15-10-14(11-6-8-12(19)9-7-11)20-18-21-22-23-24(15)18/h3-10,15H,1-2H3,(H,20,21,23). The Morgan fingerprint density at radius 1 is 1.08 bits per heavy atom. The molecule has 132 valence electrons.